The fraction of sp³-hybridized carbons (Fsp3) is 0.294. The van der Waals surface area contributed by atoms with Crippen molar-refractivity contribution in [1.29, 1.82) is 0 Å². The van der Waals surface area contributed by atoms with Gasteiger partial charge in [0.25, 0.3) is 5.91 Å². The quantitative estimate of drug-likeness (QED) is 0.308. The van der Waals surface area contributed by atoms with E-state index >= 15 is 0 Å². The number of halogens is 1. The summed E-state index contributed by atoms with van der Waals surface area (Å²) in [5, 5.41) is 4.17. The van der Waals surface area contributed by atoms with E-state index < -0.39 is 0 Å². The molecule has 3 amide bonds. The van der Waals surface area contributed by atoms with E-state index in [-0.39, 0.29) is 31.1 Å². The van der Waals surface area contributed by atoms with Gasteiger partial charge in [-0.25, -0.2) is 4.79 Å². The van der Waals surface area contributed by atoms with Gasteiger partial charge >= 0.3 is 6.09 Å². The molecule has 2 aliphatic heterocycles. The van der Waals surface area contributed by atoms with Crippen molar-refractivity contribution in [3.8, 4) is 5.75 Å². The third-order valence-corrected chi connectivity index (χ3v) is 8.41. The minimum atomic E-state index is -0.387. The summed E-state index contributed by atoms with van der Waals surface area (Å²) >= 11 is 6.14. The summed E-state index contributed by atoms with van der Waals surface area (Å²) in [6.45, 7) is 2.88. The Morgan fingerprint density at radius 3 is 2.42 bits per heavy atom. The number of piperazine rings is 1. The lowest BCUT2D eigenvalue weighted by Gasteiger charge is -2.35. The van der Waals surface area contributed by atoms with Crippen LogP contribution in [-0.2, 0) is 29.1 Å². The second kappa shape index (κ2) is 13.5. The normalized spacial score (nSPS) is 15.0. The van der Waals surface area contributed by atoms with Crippen LogP contribution >= 0.6 is 11.6 Å². The van der Waals surface area contributed by atoms with Gasteiger partial charge in [-0.2, -0.15) is 0 Å². The summed E-state index contributed by atoms with van der Waals surface area (Å²) < 4.78 is 10.9. The fourth-order valence-electron chi connectivity index (χ4n) is 5.86. The van der Waals surface area contributed by atoms with Crippen LogP contribution in [-0.4, -0.2) is 84.0 Å². The zero-order valence-electron chi connectivity index (χ0n) is 25.0. The summed E-state index contributed by atoms with van der Waals surface area (Å²) in [6.07, 6.45) is 0.219. The van der Waals surface area contributed by atoms with Crippen molar-refractivity contribution in [2.45, 2.75) is 19.6 Å². The van der Waals surface area contributed by atoms with Crippen LogP contribution in [0.3, 0.4) is 0 Å². The summed E-state index contributed by atoms with van der Waals surface area (Å²) in [7, 11) is 1.54. The second-order valence-corrected chi connectivity index (χ2v) is 11.5. The van der Waals surface area contributed by atoms with Crippen LogP contribution in [0.1, 0.15) is 27.2 Å². The molecule has 3 aromatic carbocycles. The molecule has 0 bridgehead atoms. The van der Waals surface area contributed by atoms with Crippen LogP contribution in [0.5, 0.6) is 5.75 Å². The third-order valence-electron chi connectivity index (χ3n) is 8.17. The first-order chi connectivity index (χ1) is 21.9. The molecular formula is C34H34ClN5O5. The SMILES string of the molecule is COc1ccc(Cl)cc1NC(=O)CN1CCc2nc3ccccc3c(C(=O)N3CCN(C(=O)OCc4ccccc4)CC3)c2C1. The molecule has 2 aliphatic rings. The molecule has 0 aliphatic carbocycles. The Hall–Kier alpha value is -4.67. The number of rotatable bonds is 7. The minimum absolute atomic E-state index is 0.0999. The molecule has 1 fully saturated rings. The number of fused-ring (bicyclic) bond motifs is 2. The standard InChI is InChI=1S/C34H34ClN5O5/c1-44-30-12-11-24(35)19-29(30)37-31(41)21-38-14-13-28-26(20-38)32(25-9-5-6-10-27(25)36-28)33(42)39-15-17-40(18-16-39)34(43)45-22-23-7-3-2-4-8-23/h2-12,19H,13-18,20-22H2,1H3,(H,37,41). The van der Waals surface area contributed by atoms with Crippen molar-refractivity contribution in [1.82, 2.24) is 19.7 Å². The summed E-state index contributed by atoms with van der Waals surface area (Å²) in [4.78, 5) is 50.3. The number of nitrogens with one attached hydrogen (secondary N) is 1. The van der Waals surface area contributed by atoms with Gasteiger partial charge in [0, 0.05) is 67.4 Å². The number of hydrogen-bond acceptors (Lipinski definition) is 7. The number of nitrogens with zero attached hydrogens (tertiary/aromatic N) is 4. The number of carbonyl (C=O) groups excluding carboxylic acids is 3. The lowest BCUT2D eigenvalue weighted by molar-refractivity contribution is -0.117. The number of amides is 3. The van der Waals surface area contributed by atoms with Gasteiger partial charge in [0.1, 0.15) is 12.4 Å². The van der Waals surface area contributed by atoms with E-state index in [0.717, 1.165) is 27.7 Å². The van der Waals surface area contributed by atoms with Crippen molar-refractivity contribution in [3.05, 3.63) is 100 Å². The van der Waals surface area contributed by atoms with Crippen LogP contribution in [0, 0.1) is 0 Å². The number of ether oxygens (including phenoxy) is 2. The van der Waals surface area contributed by atoms with E-state index in [1.165, 1.54) is 7.11 Å². The van der Waals surface area contributed by atoms with E-state index in [1.807, 2.05) is 59.5 Å². The molecule has 0 unspecified atom stereocenters. The monoisotopic (exact) mass is 627 g/mol. The van der Waals surface area contributed by atoms with E-state index in [4.69, 9.17) is 26.1 Å². The van der Waals surface area contributed by atoms with Gasteiger partial charge in [-0.05, 0) is 29.8 Å². The molecule has 232 valence electrons. The lowest BCUT2D eigenvalue weighted by Crippen LogP contribution is -2.51. The van der Waals surface area contributed by atoms with Gasteiger partial charge in [-0.1, -0.05) is 60.1 Å². The number of pyridine rings is 1. The molecule has 0 saturated carbocycles. The first-order valence-corrected chi connectivity index (χ1v) is 15.3. The highest BCUT2D eigenvalue weighted by Gasteiger charge is 2.31. The number of methoxy groups -OCH3 is 1. The number of benzene rings is 3. The maximum absolute atomic E-state index is 14.2. The van der Waals surface area contributed by atoms with Crippen molar-refractivity contribution in [3.63, 3.8) is 0 Å². The van der Waals surface area contributed by atoms with Crippen LogP contribution in [0.4, 0.5) is 10.5 Å². The minimum Gasteiger partial charge on any atom is -0.495 e. The Kier molecular flexibility index (Phi) is 9.13. The first-order valence-electron chi connectivity index (χ1n) is 14.9. The van der Waals surface area contributed by atoms with Gasteiger partial charge < -0.3 is 24.6 Å². The summed E-state index contributed by atoms with van der Waals surface area (Å²) in [5.74, 6) is 0.206. The van der Waals surface area contributed by atoms with Crippen molar-refractivity contribution >= 4 is 46.1 Å². The van der Waals surface area contributed by atoms with Gasteiger partial charge in [0.15, 0.2) is 0 Å². The largest absolute Gasteiger partial charge is 0.495 e. The zero-order valence-corrected chi connectivity index (χ0v) is 25.8. The number of carbonyl (C=O) groups is 3. The van der Waals surface area contributed by atoms with E-state index in [1.54, 1.807) is 28.0 Å². The second-order valence-electron chi connectivity index (χ2n) is 11.1. The molecular weight excluding hydrogens is 594 g/mol. The smallest absolute Gasteiger partial charge is 0.410 e. The molecule has 45 heavy (non-hydrogen) atoms. The Labute approximate surface area is 266 Å². The molecule has 1 N–H and O–H groups in total. The van der Waals surface area contributed by atoms with Gasteiger partial charge in [0.2, 0.25) is 5.91 Å². The molecule has 6 rings (SSSR count). The molecule has 0 spiro atoms. The molecule has 10 nitrogen and oxygen atoms in total. The highest BCUT2D eigenvalue weighted by Crippen LogP contribution is 2.31. The molecule has 4 aromatic rings. The molecule has 1 saturated heterocycles. The van der Waals surface area contributed by atoms with Crippen molar-refractivity contribution < 1.29 is 23.9 Å². The Morgan fingerprint density at radius 1 is 0.911 bits per heavy atom. The Balaban J connectivity index is 1.16. The highest BCUT2D eigenvalue weighted by atomic mass is 35.5. The average molecular weight is 628 g/mol. The van der Waals surface area contributed by atoms with E-state index in [2.05, 4.69) is 5.32 Å². The van der Waals surface area contributed by atoms with Crippen molar-refractivity contribution in [2.24, 2.45) is 0 Å². The highest BCUT2D eigenvalue weighted by molar-refractivity contribution is 6.31. The predicted molar refractivity (Wildman–Crippen MR) is 171 cm³/mol. The fourth-order valence-corrected chi connectivity index (χ4v) is 6.03. The van der Waals surface area contributed by atoms with E-state index in [0.29, 0.717) is 67.7 Å². The van der Waals surface area contributed by atoms with Gasteiger partial charge in [-0.3, -0.25) is 19.5 Å². The summed E-state index contributed by atoms with van der Waals surface area (Å²) in [6, 6.07) is 22.3. The average Bonchev–Trinajstić information content (AvgIpc) is 3.06. The topological polar surface area (TPSA) is 104 Å². The molecule has 0 atom stereocenters. The first kappa shape index (κ1) is 30.4. The van der Waals surface area contributed by atoms with Crippen LogP contribution in [0.15, 0.2) is 72.8 Å². The number of aromatic nitrogens is 1. The van der Waals surface area contributed by atoms with Crippen LogP contribution in [0.25, 0.3) is 10.9 Å². The van der Waals surface area contributed by atoms with Crippen molar-refractivity contribution in [2.75, 3.05) is 51.7 Å². The maximum Gasteiger partial charge on any atom is 0.410 e. The molecule has 11 heteroatoms. The van der Waals surface area contributed by atoms with Gasteiger partial charge in [0.05, 0.1) is 30.4 Å². The van der Waals surface area contributed by atoms with Gasteiger partial charge in [-0.15, -0.1) is 0 Å². The van der Waals surface area contributed by atoms with Crippen LogP contribution in [0.2, 0.25) is 5.02 Å². The molecule has 3 heterocycles. The number of para-hydroxylation sites is 1. The van der Waals surface area contributed by atoms with Crippen LogP contribution < -0.4 is 10.1 Å². The maximum atomic E-state index is 14.2. The number of anilines is 1. The molecule has 1 aromatic heterocycles. The van der Waals surface area contributed by atoms with E-state index in [9.17, 15) is 14.4 Å². The predicted octanol–water partition coefficient (Wildman–Crippen LogP) is 4.99. The summed E-state index contributed by atoms with van der Waals surface area (Å²) in [5.41, 5.74) is 4.50. The molecule has 0 radical (unpaired) electrons. The lowest BCUT2D eigenvalue weighted by atomic mass is 9.94. The number of hydrogen-bond donors (Lipinski definition) is 1. The Morgan fingerprint density at radius 2 is 1.64 bits per heavy atom. The Bertz CT molecular complexity index is 1730. The zero-order chi connectivity index (χ0) is 31.3. The third kappa shape index (κ3) is 6.87.